The molecule has 0 aromatic carbocycles. The Balaban J connectivity index is 2.05. The number of hydrogen-bond acceptors (Lipinski definition) is 2. The summed E-state index contributed by atoms with van der Waals surface area (Å²) in [6, 6.07) is 0.911. The quantitative estimate of drug-likeness (QED) is 0.622. The Morgan fingerprint density at radius 2 is 1.87 bits per heavy atom. The van der Waals surface area contributed by atoms with Crippen LogP contribution in [0.25, 0.3) is 0 Å². The van der Waals surface area contributed by atoms with Crippen molar-refractivity contribution < 1.29 is 0 Å². The molecule has 1 aliphatic rings. The van der Waals surface area contributed by atoms with Gasteiger partial charge in [-0.2, -0.15) is 0 Å². The van der Waals surface area contributed by atoms with Crippen molar-refractivity contribution in [1.29, 1.82) is 0 Å². The lowest BCUT2D eigenvalue weighted by molar-refractivity contribution is 0.205. The highest BCUT2D eigenvalue weighted by Crippen LogP contribution is 2.23. The summed E-state index contributed by atoms with van der Waals surface area (Å²) in [6.45, 7) is 9.34. The van der Waals surface area contributed by atoms with E-state index in [0.29, 0.717) is 0 Å². The first-order valence-electron chi connectivity index (χ1n) is 6.83. The van der Waals surface area contributed by atoms with Crippen molar-refractivity contribution in [3.63, 3.8) is 0 Å². The van der Waals surface area contributed by atoms with Crippen LogP contribution in [0, 0.1) is 0 Å². The van der Waals surface area contributed by atoms with Crippen molar-refractivity contribution in [2.45, 2.75) is 58.4 Å². The Hall–Kier alpha value is -0.0800. The highest BCUT2D eigenvalue weighted by molar-refractivity contribution is 4.76. The molecule has 0 amide bonds. The molecule has 15 heavy (non-hydrogen) atoms. The lowest BCUT2D eigenvalue weighted by Gasteiger charge is -2.27. The van der Waals surface area contributed by atoms with Gasteiger partial charge in [-0.15, -0.1) is 0 Å². The summed E-state index contributed by atoms with van der Waals surface area (Å²) in [5.74, 6) is 0. The van der Waals surface area contributed by atoms with Gasteiger partial charge in [0.15, 0.2) is 0 Å². The predicted molar refractivity (Wildman–Crippen MR) is 67.3 cm³/mol. The molecule has 90 valence electrons. The summed E-state index contributed by atoms with van der Waals surface area (Å²) < 4.78 is 0. The van der Waals surface area contributed by atoms with Crippen LogP contribution in [0.3, 0.4) is 0 Å². The lowest BCUT2D eigenvalue weighted by Crippen LogP contribution is -2.34. The maximum absolute atomic E-state index is 3.39. The van der Waals surface area contributed by atoms with Crippen molar-refractivity contribution in [2.24, 2.45) is 0 Å². The van der Waals surface area contributed by atoms with Crippen LogP contribution in [-0.4, -0.2) is 37.1 Å². The number of nitrogens with zero attached hydrogens (tertiary/aromatic N) is 1. The van der Waals surface area contributed by atoms with Crippen molar-refractivity contribution in [2.75, 3.05) is 26.2 Å². The average Bonchev–Trinajstić information content (AvgIpc) is 2.77. The molecule has 0 radical (unpaired) electrons. The second-order valence-electron chi connectivity index (χ2n) is 4.63. The molecule has 0 saturated heterocycles. The molecular weight excluding hydrogens is 184 g/mol. The smallest absolute Gasteiger partial charge is 0.00951 e. The normalized spacial score (nSPS) is 17.8. The van der Waals surface area contributed by atoms with Gasteiger partial charge in [-0.1, -0.05) is 26.7 Å². The van der Waals surface area contributed by atoms with Gasteiger partial charge in [-0.3, -0.25) is 0 Å². The minimum absolute atomic E-state index is 0.911. The molecule has 0 unspecified atom stereocenters. The first-order chi connectivity index (χ1) is 7.38. The minimum atomic E-state index is 0.911. The fraction of sp³-hybridized carbons (Fsp3) is 1.00. The standard InChI is InChI=1S/C13H28N2/c1-3-14-11-7-8-12-15(4-2)13-9-5-6-10-13/h13-14H,3-12H2,1-2H3. The summed E-state index contributed by atoms with van der Waals surface area (Å²) >= 11 is 0. The largest absolute Gasteiger partial charge is 0.317 e. The molecule has 1 N–H and O–H groups in total. The first-order valence-corrected chi connectivity index (χ1v) is 6.83. The Morgan fingerprint density at radius 1 is 1.13 bits per heavy atom. The molecule has 0 heterocycles. The van der Waals surface area contributed by atoms with E-state index in [1.54, 1.807) is 0 Å². The van der Waals surface area contributed by atoms with E-state index in [1.807, 2.05) is 0 Å². The van der Waals surface area contributed by atoms with Crippen molar-refractivity contribution in [1.82, 2.24) is 10.2 Å². The van der Waals surface area contributed by atoms with E-state index in [4.69, 9.17) is 0 Å². The summed E-state index contributed by atoms with van der Waals surface area (Å²) in [5, 5.41) is 3.39. The first kappa shape index (κ1) is 13.0. The van der Waals surface area contributed by atoms with E-state index in [2.05, 4.69) is 24.1 Å². The van der Waals surface area contributed by atoms with Gasteiger partial charge in [0.2, 0.25) is 0 Å². The monoisotopic (exact) mass is 212 g/mol. The van der Waals surface area contributed by atoms with Gasteiger partial charge in [0.05, 0.1) is 0 Å². The molecule has 1 fully saturated rings. The SMILES string of the molecule is CCNCCCCN(CC)C1CCCC1. The number of hydrogen-bond donors (Lipinski definition) is 1. The van der Waals surface area contributed by atoms with E-state index in [9.17, 15) is 0 Å². The van der Waals surface area contributed by atoms with Crippen molar-refractivity contribution in [3.8, 4) is 0 Å². The third kappa shape index (κ3) is 4.98. The third-order valence-electron chi connectivity index (χ3n) is 3.55. The van der Waals surface area contributed by atoms with Gasteiger partial charge in [0, 0.05) is 6.04 Å². The maximum Gasteiger partial charge on any atom is 0.00951 e. The Morgan fingerprint density at radius 3 is 2.47 bits per heavy atom. The lowest BCUT2D eigenvalue weighted by atomic mass is 10.2. The summed E-state index contributed by atoms with van der Waals surface area (Å²) in [4.78, 5) is 2.69. The average molecular weight is 212 g/mol. The molecule has 2 nitrogen and oxygen atoms in total. The van der Waals surface area contributed by atoms with E-state index in [1.165, 1.54) is 58.2 Å². The molecular formula is C13H28N2. The molecule has 0 aromatic rings. The second kappa shape index (κ2) is 8.12. The highest BCUT2D eigenvalue weighted by atomic mass is 15.1. The Labute approximate surface area is 95.4 Å². The molecule has 0 atom stereocenters. The van der Waals surface area contributed by atoms with Crippen LogP contribution >= 0.6 is 0 Å². The molecule has 0 aliphatic heterocycles. The molecule has 0 aromatic heterocycles. The predicted octanol–water partition coefficient (Wildman–Crippen LogP) is 2.64. The van der Waals surface area contributed by atoms with Crippen LogP contribution in [0.5, 0.6) is 0 Å². The van der Waals surface area contributed by atoms with Crippen LogP contribution in [0.4, 0.5) is 0 Å². The molecule has 2 heteroatoms. The summed E-state index contributed by atoms with van der Waals surface area (Å²) in [6.07, 6.45) is 8.49. The Kier molecular flexibility index (Phi) is 7.03. The van der Waals surface area contributed by atoms with E-state index >= 15 is 0 Å². The van der Waals surface area contributed by atoms with E-state index in [-0.39, 0.29) is 0 Å². The van der Waals surface area contributed by atoms with Gasteiger partial charge in [-0.25, -0.2) is 0 Å². The third-order valence-corrected chi connectivity index (χ3v) is 3.55. The highest BCUT2D eigenvalue weighted by Gasteiger charge is 2.20. The van der Waals surface area contributed by atoms with Crippen LogP contribution in [0.15, 0.2) is 0 Å². The number of nitrogens with one attached hydrogen (secondary N) is 1. The molecule has 0 bridgehead atoms. The van der Waals surface area contributed by atoms with Gasteiger partial charge in [-0.05, 0) is 51.9 Å². The fourth-order valence-electron chi connectivity index (χ4n) is 2.61. The number of rotatable bonds is 8. The minimum Gasteiger partial charge on any atom is -0.317 e. The van der Waals surface area contributed by atoms with Crippen molar-refractivity contribution in [3.05, 3.63) is 0 Å². The second-order valence-corrected chi connectivity index (χ2v) is 4.63. The zero-order valence-electron chi connectivity index (χ0n) is 10.6. The van der Waals surface area contributed by atoms with Gasteiger partial charge < -0.3 is 10.2 Å². The zero-order chi connectivity index (χ0) is 10.9. The van der Waals surface area contributed by atoms with Crippen LogP contribution in [0.2, 0.25) is 0 Å². The van der Waals surface area contributed by atoms with Crippen LogP contribution in [0.1, 0.15) is 52.4 Å². The number of unbranched alkanes of at least 4 members (excludes halogenated alkanes) is 1. The van der Waals surface area contributed by atoms with Gasteiger partial charge in [0.25, 0.3) is 0 Å². The van der Waals surface area contributed by atoms with Gasteiger partial charge >= 0.3 is 0 Å². The molecule has 1 rings (SSSR count). The van der Waals surface area contributed by atoms with E-state index in [0.717, 1.165) is 12.6 Å². The molecule has 1 aliphatic carbocycles. The Bertz CT molecular complexity index is 141. The van der Waals surface area contributed by atoms with Gasteiger partial charge in [0.1, 0.15) is 0 Å². The molecule has 0 spiro atoms. The maximum atomic E-state index is 3.39. The molecule has 1 saturated carbocycles. The summed E-state index contributed by atoms with van der Waals surface area (Å²) in [5.41, 5.74) is 0. The van der Waals surface area contributed by atoms with Crippen LogP contribution in [-0.2, 0) is 0 Å². The van der Waals surface area contributed by atoms with E-state index < -0.39 is 0 Å². The van der Waals surface area contributed by atoms with Crippen molar-refractivity contribution >= 4 is 0 Å². The topological polar surface area (TPSA) is 15.3 Å². The fourth-order valence-corrected chi connectivity index (χ4v) is 2.61. The zero-order valence-corrected chi connectivity index (χ0v) is 10.6. The van der Waals surface area contributed by atoms with Crippen LogP contribution < -0.4 is 5.32 Å². The summed E-state index contributed by atoms with van der Waals surface area (Å²) in [7, 11) is 0.